The molecule has 158 valence electrons. The van der Waals surface area contributed by atoms with Gasteiger partial charge in [-0.05, 0) is 70.8 Å². The molecule has 5 rings (SSSR count). The van der Waals surface area contributed by atoms with Gasteiger partial charge in [-0.3, -0.25) is 0 Å². The van der Waals surface area contributed by atoms with Crippen LogP contribution in [0.3, 0.4) is 0 Å². The number of hydrogen-bond donors (Lipinski definition) is 0. The summed E-state index contributed by atoms with van der Waals surface area (Å²) < 4.78 is 54.1. The summed E-state index contributed by atoms with van der Waals surface area (Å²) in [6.07, 6.45) is 0. The topological polar surface area (TPSA) is 0 Å². The summed E-state index contributed by atoms with van der Waals surface area (Å²) in [5, 5.41) is 0. The normalized spacial score (nSPS) is 11.1. The van der Waals surface area contributed by atoms with E-state index >= 15 is 0 Å². The highest BCUT2D eigenvalue weighted by atomic mass is 32.1. The Morgan fingerprint density at radius 1 is 0.344 bits per heavy atom. The first-order valence-corrected chi connectivity index (χ1v) is 11.3. The molecule has 0 bridgehead atoms. The van der Waals surface area contributed by atoms with E-state index in [4.69, 9.17) is 0 Å². The average molecular weight is 467 g/mol. The summed E-state index contributed by atoms with van der Waals surface area (Å²) in [4.78, 5) is 3.54. The van der Waals surface area contributed by atoms with Crippen LogP contribution < -0.4 is 0 Å². The lowest BCUT2D eigenvalue weighted by molar-refractivity contribution is 0.583. The van der Waals surface area contributed by atoms with Gasteiger partial charge >= 0.3 is 0 Å². The summed E-state index contributed by atoms with van der Waals surface area (Å²) >= 11 is 2.92. The van der Waals surface area contributed by atoms with Gasteiger partial charge in [-0.25, -0.2) is 17.6 Å². The van der Waals surface area contributed by atoms with E-state index in [-0.39, 0.29) is 0 Å². The van der Waals surface area contributed by atoms with Crippen molar-refractivity contribution in [3.63, 3.8) is 0 Å². The van der Waals surface area contributed by atoms with E-state index < -0.39 is 23.3 Å². The Hall–Kier alpha value is -3.22. The first-order valence-electron chi connectivity index (χ1n) is 9.68. The van der Waals surface area contributed by atoms with Crippen molar-refractivity contribution in [2.75, 3.05) is 0 Å². The van der Waals surface area contributed by atoms with Crippen molar-refractivity contribution in [2.24, 2.45) is 0 Å². The van der Waals surface area contributed by atoms with Crippen molar-refractivity contribution in [2.45, 2.75) is 0 Å². The maximum Gasteiger partial charge on any atom is 0.126 e. The Morgan fingerprint density at radius 2 is 0.625 bits per heavy atom. The van der Waals surface area contributed by atoms with Crippen LogP contribution in [0, 0.1) is 23.3 Å². The zero-order valence-corrected chi connectivity index (χ0v) is 18.0. The summed E-state index contributed by atoms with van der Waals surface area (Å²) in [7, 11) is 0. The monoisotopic (exact) mass is 466 g/mol. The highest BCUT2D eigenvalue weighted by Crippen LogP contribution is 2.38. The van der Waals surface area contributed by atoms with E-state index in [1.54, 1.807) is 0 Å². The molecule has 0 spiro atoms. The van der Waals surface area contributed by atoms with Gasteiger partial charge in [-0.15, -0.1) is 22.7 Å². The molecule has 0 amide bonds. The lowest BCUT2D eigenvalue weighted by Crippen LogP contribution is -1.81. The molecule has 3 aromatic carbocycles. The number of benzene rings is 3. The predicted octanol–water partition coefficient (Wildman–Crippen LogP) is 9.03. The second kappa shape index (κ2) is 8.37. The Labute approximate surface area is 190 Å². The molecule has 2 heterocycles. The molecule has 0 aliphatic carbocycles. The zero-order chi connectivity index (χ0) is 22.2. The van der Waals surface area contributed by atoms with Crippen LogP contribution in [0.1, 0.15) is 0 Å². The fraction of sp³-hybridized carbons (Fsp3) is 0. The van der Waals surface area contributed by atoms with Gasteiger partial charge in [0.1, 0.15) is 23.3 Å². The van der Waals surface area contributed by atoms with Gasteiger partial charge in [-0.1, -0.05) is 24.3 Å². The van der Waals surface area contributed by atoms with Crippen LogP contribution in [-0.4, -0.2) is 0 Å². The standard InChI is InChI=1S/C26H14F4S2/c27-19-9-17(10-20(28)13-19)25-7-5-23(31-25)15-1-2-16(4-3-15)24-6-8-26(32-24)18-11-21(29)14-22(30)12-18/h1-14H. The van der Waals surface area contributed by atoms with Crippen molar-refractivity contribution >= 4 is 22.7 Å². The minimum atomic E-state index is -0.601. The smallest absolute Gasteiger partial charge is 0.126 e. The minimum absolute atomic E-state index is 0.510. The zero-order valence-electron chi connectivity index (χ0n) is 16.4. The molecule has 0 nitrogen and oxygen atoms in total. The maximum atomic E-state index is 13.5. The lowest BCUT2D eigenvalue weighted by Gasteiger charge is -2.02. The Balaban J connectivity index is 1.39. The number of halogens is 4. The third-order valence-electron chi connectivity index (χ3n) is 4.96. The third-order valence-corrected chi connectivity index (χ3v) is 7.33. The van der Waals surface area contributed by atoms with E-state index in [9.17, 15) is 17.6 Å². The quantitative estimate of drug-likeness (QED) is 0.232. The third kappa shape index (κ3) is 4.24. The van der Waals surface area contributed by atoms with E-state index in [0.717, 1.165) is 42.8 Å². The molecule has 0 saturated heterocycles. The highest BCUT2D eigenvalue weighted by Gasteiger charge is 2.10. The van der Waals surface area contributed by atoms with Crippen molar-refractivity contribution in [3.05, 3.63) is 108 Å². The summed E-state index contributed by atoms with van der Waals surface area (Å²) in [5.74, 6) is -2.41. The molecular formula is C26H14F4S2. The van der Waals surface area contributed by atoms with Crippen molar-refractivity contribution in [1.82, 2.24) is 0 Å². The van der Waals surface area contributed by atoms with Crippen LogP contribution >= 0.6 is 22.7 Å². The Kier molecular flexibility index (Phi) is 5.41. The molecule has 5 aromatic rings. The van der Waals surface area contributed by atoms with Crippen LogP contribution in [0.5, 0.6) is 0 Å². The van der Waals surface area contributed by atoms with Gasteiger partial charge in [0.05, 0.1) is 0 Å². The second-order valence-electron chi connectivity index (χ2n) is 7.22. The van der Waals surface area contributed by atoms with Gasteiger partial charge in [0, 0.05) is 31.6 Å². The lowest BCUT2D eigenvalue weighted by atomic mass is 10.1. The van der Waals surface area contributed by atoms with Crippen molar-refractivity contribution in [1.29, 1.82) is 0 Å². The van der Waals surface area contributed by atoms with Crippen LogP contribution in [0.15, 0.2) is 84.9 Å². The molecule has 0 saturated carbocycles. The van der Waals surface area contributed by atoms with E-state index in [1.807, 2.05) is 48.5 Å². The molecule has 0 fully saturated rings. The fourth-order valence-corrected chi connectivity index (χ4v) is 5.48. The SMILES string of the molecule is Fc1cc(F)cc(-c2ccc(-c3ccc(-c4ccc(-c5cc(F)cc(F)c5)s4)cc3)s2)c1. The highest BCUT2D eigenvalue weighted by molar-refractivity contribution is 7.19. The second-order valence-corrected chi connectivity index (χ2v) is 9.39. The molecule has 0 unspecified atom stereocenters. The minimum Gasteiger partial charge on any atom is -0.207 e. The molecule has 0 atom stereocenters. The molecule has 0 radical (unpaired) electrons. The molecule has 0 aliphatic heterocycles. The summed E-state index contributed by atoms with van der Waals surface area (Å²) in [5.41, 5.74) is 3.00. The molecule has 0 N–H and O–H groups in total. The average Bonchev–Trinajstić information content (AvgIpc) is 3.43. The van der Waals surface area contributed by atoms with Crippen LogP contribution in [0.4, 0.5) is 17.6 Å². The predicted molar refractivity (Wildman–Crippen MR) is 124 cm³/mol. The molecule has 32 heavy (non-hydrogen) atoms. The number of thiophene rings is 2. The van der Waals surface area contributed by atoms with E-state index in [2.05, 4.69) is 0 Å². The van der Waals surface area contributed by atoms with Gasteiger partial charge in [0.25, 0.3) is 0 Å². The maximum absolute atomic E-state index is 13.5. The van der Waals surface area contributed by atoms with Gasteiger partial charge < -0.3 is 0 Å². The van der Waals surface area contributed by atoms with Gasteiger partial charge in [0.15, 0.2) is 0 Å². The van der Waals surface area contributed by atoms with E-state index in [0.29, 0.717) is 11.1 Å². The van der Waals surface area contributed by atoms with Crippen LogP contribution in [-0.2, 0) is 0 Å². The van der Waals surface area contributed by atoms with Crippen LogP contribution in [0.2, 0.25) is 0 Å². The molecular weight excluding hydrogens is 452 g/mol. The Bertz CT molecular complexity index is 1270. The molecule has 6 heteroatoms. The number of hydrogen-bond acceptors (Lipinski definition) is 2. The first-order chi connectivity index (χ1) is 15.4. The molecule has 2 aromatic heterocycles. The summed E-state index contributed by atoms with van der Waals surface area (Å²) in [6, 6.07) is 22.5. The van der Waals surface area contributed by atoms with Crippen molar-refractivity contribution < 1.29 is 17.6 Å². The fourth-order valence-electron chi connectivity index (χ4n) is 3.49. The summed E-state index contributed by atoms with van der Waals surface area (Å²) in [6.45, 7) is 0. The Morgan fingerprint density at radius 3 is 0.938 bits per heavy atom. The van der Waals surface area contributed by atoms with Crippen LogP contribution in [0.25, 0.3) is 41.8 Å². The largest absolute Gasteiger partial charge is 0.207 e. The van der Waals surface area contributed by atoms with Gasteiger partial charge in [-0.2, -0.15) is 0 Å². The van der Waals surface area contributed by atoms with Gasteiger partial charge in [0.2, 0.25) is 0 Å². The van der Waals surface area contributed by atoms with Crippen molar-refractivity contribution in [3.8, 4) is 41.8 Å². The number of rotatable bonds is 4. The molecule has 0 aliphatic rings. The first kappa shape index (κ1) is 20.7. The van der Waals surface area contributed by atoms with E-state index in [1.165, 1.54) is 46.9 Å².